The molecule has 0 saturated carbocycles. The molecule has 29 heavy (non-hydrogen) atoms. The van der Waals surface area contributed by atoms with Crippen LogP contribution in [0.15, 0.2) is 35.3 Å². The molecule has 0 unspecified atom stereocenters. The summed E-state index contributed by atoms with van der Waals surface area (Å²) in [4.78, 5) is 17.9. The van der Waals surface area contributed by atoms with Gasteiger partial charge in [-0.1, -0.05) is 18.2 Å². The SMILES string of the molecule is CCN(C)C=Nc1c(Cc2cccc(C(F)(F)F)c2)cc(C(=O)O)c(C)c1C.Cl. The van der Waals surface area contributed by atoms with Gasteiger partial charge in [0.25, 0.3) is 0 Å². The number of hydrogen-bond donors (Lipinski definition) is 1. The van der Waals surface area contributed by atoms with Gasteiger partial charge in [-0.05, 0) is 61.6 Å². The lowest BCUT2D eigenvalue weighted by Crippen LogP contribution is -2.14. The van der Waals surface area contributed by atoms with Crippen LogP contribution in [0.4, 0.5) is 18.9 Å². The first-order valence-corrected chi connectivity index (χ1v) is 8.81. The summed E-state index contributed by atoms with van der Waals surface area (Å²) in [6.45, 7) is 6.17. The molecule has 0 amide bonds. The van der Waals surface area contributed by atoms with E-state index in [1.165, 1.54) is 12.1 Å². The van der Waals surface area contributed by atoms with Gasteiger partial charge >= 0.3 is 12.1 Å². The van der Waals surface area contributed by atoms with Crippen molar-refractivity contribution in [1.29, 1.82) is 0 Å². The van der Waals surface area contributed by atoms with Crippen molar-refractivity contribution in [2.75, 3.05) is 13.6 Å². The second kappa shape index (κ2) is 9.78. The highest BCUT2D eigenvalue weighted by molar-refractivity contribution is 5.91. The molecule has 0 radical (unpaired) electrons. The molecular formula is C21H24ClF3N2O2. The van der Waals surface area contributed by atoms with Crippen molar-refractivity contribution in [3.8, 4) is 0 Å². The van der Waals surface area contributed by atoms with E-state index in [9.17, 15) is 23.1 Å². The Morgan fingerprint density at radius 3 is 2.41 bits per heavy atom. The Kier molecular flexibility index (Phi) is 8.26. The van der Waals surface area contributed by atoms with Crippen molar-refractivity contribution in [1.82, 2.24) is 4.90 Å². The highest BCUT2D eigenvalue weighted by atomic mass is 35.5. The van der Waals surface area contributed by atoms with Crippen molar-refractivity contribution < 1.29 is 23.1 Å². The number of alkyl halides is 3. The summed E-state index contributed by atoms with van der Waals surface area (Å²) in [5, 5.41) is 9.48. The molecule has 0 aromatic heterocycles. The maximum atomic E-state index is 13.0. The van der Waals surface area contributed by atoms with Crippen LogP contribution in [0, 0.1) is 13.8 Å². The minimum atomic E-state index is -4.43. The summed E-state index contributed by atoms with van der Waals surface area (Å²) < 4.78 is 39.0. The molecule has 2 aromatic carbocycles. The maximum absolute atomic E-state index is 13.0. The van der Waals surface area contributed by atoms with E-state index >= 15 is 0 Å². The van der Waals surface area contributed by atoms with Crippen LogP contribution in [0.3, 0.4) is 0 Å². The van der Waals surface area contributed by atoms with E-state index < -0.39 is 17.7 Å². The molecule has 1 N–H and O–H groups in total. The number of halogens is 4. The van der Waals surface area contributed by atoms with Crippen LogP contribution in [0.2, 0.25) is 0 Å². The van der Waals surface area contributed by atoms with E-state index in [0.717, 1.165) is 18.7 Å². The highest BCUT2D eigenvalue weighted by Crippen LogP contribution is 2.33. The fourth-order valence-electron chi connectivity index (χ4n) is 2.82. The molecule has 0 aliphatic rings. The monoisotopic (exact) mass is 428 g/mol. The molecule has 2 aromatic rings. The van der Waals surface area contributed by atoms with E-state index in [0.29, 0.717) is 27.9 Å². The Hall–Kier alpha value is -2.54. The van der Waals surface area contributed by atoms with Crippen LogP contribution in [-0.2, 0) is 12.6 Å². The minimum absolute atomic E-state index is 0. The van der Waals surface area contributed by atoms with Crippen molar-refractivity contribution in [2.45, 2.75) is 33.4 Å². The van der Waals surface area contributed by atoms with Gasteiger partial charge < -0.3 is 10.0 Å². The van der Waals surface area contributed by atoms with Gasteiger partial charge in [0.1, 0.15) is 0 Å². The molecule has 158 valence electrons. The summed E-state index contributed by atoms with van der Waals surface area (Å²) in [5.41, 5.74) is 2.27. The number of carbonyl (C=O) groups is 1. The van der Waals surface area contributed by atoms with E-state index in [-0.39, 0.29) is 24.4 Å². The molecule has 0 bridgehead atoms. The van der Waals surface area contributed by atoms with Gasteiger partial charge in [-0.25, -0.2) is 9.79 Å². The number of aromatic carboxylic acids is 1. The summed E-state index contributed by atoms with van der Waals surface area (Å²) in [6.07, 6.45) is -2.65. The van der Waals surface area contributed by atoms with E-state index in [1.807, 2.05) is 18.9 Å². The van der Waals surface area contributed by atoms with Gasteiger partial charge in [0, 0.05) is 13.6 Å². The lowest BCUT2D eigenvalue weighted by molar-refractivity contribution is -0.137. The lowest BCUT2D eigenvalue weighted by Gasteiger charge is -2.16. The van der Waals surface area contributed by atoms with Crippen molar-refractivity contribution in [3.05, 3.63) is 63.7 Å². The minimum Gasteiger partial charge on any atom is -0.478 e. The maximum Gasteiger partial charge on any atom is 0.416 e. The third-order valence-electron chi connectivity index (χ3n) is 4.71. The topological polar surface area (TPSA) is 52.9 Å². The van der Waals surface area contributed by atoms with Crippen LogP contribution >= 0.6 is 12.4 Å². The summed E-state index contributed by atoms with van der Waals surface area (Å²) in [5.74, 6) is -1.08. The average molecular weight is 429 g/mol. The fraction of sp³-hybridized carbons (Fsp3) is 0.333. The van der Waals surface area contributed by atoms with Crippen molar-refractivity contribution in [2.24, 2.45) is 4.99 Å². The van der Waals surface area contributed by atoms with Gasteiger partial charge in [0.15, 0.2) is 0 Å². The Balaban J connectivity index is 0.00000420. The number of carboxylic acids is 1. The number of carboxylic acid groups (broad SMARTS) is 1. The Bertz CT molecular complexity index is 912. The lowest BCUT2D eigenvalue weighted by atomic mass is 9.93. The van der Waals surface area contributed by atoms with Gasteiger partial charge in [-0.2, -0.15) is 13.2 Å². The highest BCUT2D eigenvalue weighted by Gasteiger charge is 2.30. The van der Waals surface area contributed by atoms with Crippen molar-refractivity contribution >= 4 is 30.4 Å². The first kappa shape index (κ1) is 24.5. The molecule has 0 atom stereocenters. The fourth-order valence-corrected chi connectivity index (χ4v) is 2.82. The van der Waals surface area contributed by atoms with Gasteiger partial charge in [0.05, 0.1) is 23.2 Å². The van der Waals surface area contributed by atoms with Crippen LogP contribution in [-0.4, -0.2) is 35.9 Å². The Labute approximate surface area is 174 Å². The molecule has 0 aliphatic carbocycles. The second-order valence-corrected chi connectivity index (χ2v) is 6.68. The average Bonchev–Trinajstić information content (AvgIpc) is 2.63. The van der Waals surface area contributed by atoms with Crippen LogP contribution in [0.25, 0.3) is 0 Å². The van der Waals surface area contributed by atoms with Crippen molar-refractivity contribution in [3.63, 3.8) is 0 Å². The molecule has 0 fully saturated rings. The van der Waals surface area contributed by atoms with Crippen LogP contribution in [0.5, 0.6) is 0 Å². The number of benzene rings is 2. The van der Waals surface area contributed by atoms with E-state index in [1.54, 1.807) is 26.3 Å². The largest absolute Gasteiger partial charge is 0.478 e. The molecule has 0 saturated heterocycles. The predicted octanol–water partition coefficient (Wildman–Crippen LogP) is 5.64. The van der Waals surface area contributed by atoms with Crippen LogP contribution in [0.1, 0.15) is 45.1 Å². The zero-order valence-corrected chi connectivity index (χ0v) is 17.5. The summed E-state index contributed by atoms with van der Waals surface area (Å²) >= 11 is 0. The Morgan fingerprint density at radius 1 is 1.21 bits per heavy atom. The molecule has 4 nitrogen and oxygen atoms in total. The molecule has 2 rings (SSSR count). The zero-order chi connectivity index (χ0) is 21.1. The third-order valence-corrected chi connectivity index (χ3v) is 4.71. The van der Waals surface area contributed by atoms with Crippen LogP contribution < -0.4 is 0 Å². The Morgan fingerprint density at radius 2 is 1.86 bits per heavy atom. The quantitative estimate of drug-likeness (QED) is 0.478. The first-order valence-electron chi connectivity index (χ1n) is 8.81. The third kappa shape index (κ3) is 5.97. The normalized spacial score (nSPS) is 11.4. The zero-order valence-electron chi connectivity index (χ0n) is 16.7. The number of hydrogen-bond acceptors (Lipinski definition) is 2. The standard InChI is InChI=1S/C21H23F3N2O2.ClH/c1-5-26(4)12-25-19-14(3)13(2)18(20(27)28)11-16(19)9-15-7-6-8-17(10-15)21(22,23)24;/h6-8,10-12H,5,9H2,1-4H3,(H,27,28);1H. The van der Waals surface area contributed by atoms with E-state index in [4.69, 9.17) is 0 Å². The number of rotatable bonds is 6. The molecule has 0 heterocycles. The molecular weight excluding hydrogens is 405 g/mol. The molecule has 8 heteroatoms. The smallest absolute Gasteiger partial charge is 0.416 e. The second-order valence-electron chi connectivity index (χ2n) is 6.68. The summed E-state index contributed by atoms with van der Waals surface area (Å²) in [6, 6.07) is 6.55. The van der Waals surface area contributed by atoms with Gasteiger partial charge in [-0.3, -0.25) is 0 Å². The number of nitrogens with zero attached hydrogens (tertiary/aromatic N) is 2. The first-order chi connectivity index (χ1) is 13.0. The molecule has 0 spiro atoms. The van der Waals surface area contributed by atoms with Gasteiger partial charge in [-0.15, -0.1) is 12.4 Å². The van der Waals surface area contributed by atoms with E-state index in [2.05, 4.69) is 4.99 Å². The molecule has 0 aliphatic heterocycles. The summed E-state index contributed by atoms with van der Waals surface area (Å²) in [7, 11) is 1.85. The number of aliphatic imine (C=N–C) groups is 1. The van der Waals surface area contributed by atoms with Gasteiger partial charge in [0.2, 0.25) is 0 Å². The predicted molar refractivity (Wildman–Crippen MR) is 111 cm³/mol.